The summed E-state index contributed by atoms with van der Waals surface area (Å²) in [6, 6.07) is 14.0. The number of nitrogens with one attached hydrogen (secondary N) is 2. The molecule has 4 aromatic rings. The molecule has 0 fully saturated rings. The minimum absolute atomic E-state index is 0.672. The molecule has 31 heavy (non-hydrogen) atoms. The highest BCUT2D eigenvalue weighted by atomic mass is 16.5. The third kappa shape index (κ3) is 4.62. The van der Waals surface area contributed by atoms with Crippen LogP contribution >= 0.6 is 0 Å². The molecule has 2 aromatic carbocycles. The number of imidazole rings is 1. The Morgan fingerprint density at radius 3 is 2.55 bits per heavy atom. The molecular formula is C24H26N4O3. The Morgan fingerprint density at radius 2 is 1.81 bits per heavy atom. The number of fused-ring (bicyclic) bond motifs is 1. The zero-order valence-electron chi connectivity index (χ0n) is 17.9. The summed E-state index contributed by atoms with van der Waals surface area (Å²) in [6.45, 7) is 1.51. The fourth-order valence-corrected chi connectivity index (χ4v) is 3.55. The van der Waals surface area contributed by atoms with Crippen molar-refractivity contribution in [2.45, 2.75) is 13.0 Å². The molecule has 0 aliphatic carbocycles. The maximum atomic E-state index is 5.50. The lowest BCUT2D eigenvalue weighted by Crippen LogP contribution is -2.17. The zero-order valence-corrected chi connectivity index (χ0v) is 17.9. The van der Waals surface area contributed by atoms with E-state index >= 15 is 0 Å². The number of hydrogen-bond donors (Lipinski definition) is 2. The molecule has 0 aliphatic rings. The van der Waals surface area contributed by atoms with Crippen LogP contribution in [0, 0.1) is 0 Å². The van der Waals surface area contributed by atoms with Crippen molar-refractivity contribution in [2.75, 3.05) is 27.9 Å². The number of aromatic amines is 1. The minimum Gasteiger partial charge on any atom is -0.497 e. The van der Waals surface area contributed by atoms with E-state index in [9.17, 15) is 0 Å². The van der Waals surface area contributed by atoms with Gasteiger partial charge in [-0.15, -0.1) is 0 Å². The first kappa shape index (κ1) is 20.7. The van der Waals surface area contributed by atoms with Crippen LogP contribution < -0.4 is 19.5 Å². The largest absolute Gasteiger partial charge is 0.497 e. The van der Waals surface area contributed by atoms with E-state index in [2.05, 4.69) is 21.4 Å². The Hall–Kier alpha value is -3.58. The molecule has 7 nitrogen and oxygen atoms in total. The Kier molecular flexibility index (Phi) is 6.33. The highest BCUT2D eigenvalue weighted by Crippen LogP contribution is 2.34. The number of benzene rings is 2. The summed E-state index contributed by atoms with van der Waals surface area (Å²) in [5.41, 5.74) is 4.96. The molecule has 0 radical (unpaired) electrons. The predicted molar refractivity (Wildman–Crippen MR) is 121 cm³/mol. The Bertz CT molecular complexity index is 1160. The first-order valence-corrected chi connectivity index (χ1v) is 10.1. The summed E-state index contributed by atoms with van der Waals surface area (Å²) in [6.07, 6.45) is 4.43. The fraction of sp³-hybridized carbons (Fsp3) is 0.250. The minimum atomic E-state index is 0.672. The average Bonchev–Trinajstić information content (AvgIpc) is 3.34. The van der Waals surface area contributed by atoms with Gasteiger partial charge in [-0.05, 0) is 42.0 Å². The van der Waals surface area contributed by atoms with Crippen LogP contribution in [0.4, 0.5) is 0 Å². The zero-order chi connectivity index (χ0) is 21.6. The smallest absolute Gasteiger partial charge is 0.161 e. The van der Waals surface area contributed by atoms with Crippen LogP contribution in [-0.2, 0) is 13.0 Å². The van der Waals surface area contributed by atoms with Crippen LogP contribution in [-0.4, -0.2) is 42.8 Å². The molecule has 7 heteroatoms. The van der Waals surface area contributed by atoms with Crippen molar-refractivity contribution in [3.8, 4) is 28.5 Å². The van der Waals surface area contributed by atoms with Gasteiger partial charge in [0.15, 0.2) is 11.5 Å². The number of ether oxygens (including phenoxy) is 3. The van der Waals surface area contributed by atoms with Crippen LogP contribution in [0.15, 0.2) is 55.0 Å². The molecular weight excluding hydrogens is 392 g/mol. The second-order valence-corrected chi connectivity index (χ2v) is 7.13. The summed E-state index contributed by atoms with van der Waals surface area (Å²) >= 11 is 0. The van der Waals surface area contributed by atoms with Crippen LogP contribution in [0.2, 0.25) is 0 Å². The summed E-state index contributed by atoms with van der Waals surface area (Å²) in [5.74, 6) is 2.14. The SMILES string of the molecule is COc1ccc2cc(CNCCc3cnc[nH]3)c(-c3ccc(OC)c(OC)c3)nc2c1. The number of nitrogens with zero attached hydrogens (tertiary/aromatic N) is 2. The third-order valence-electron chi connectivity index (χ3n) is 5.20. The number of methoxy groups -OCH3 is 3. The van der Waals surface area contributed by atoms with E-state index in [0.717, 1.165) is 52.1 Å². The molecule has 160 valence electrons. The standard InChI is InChI=1S/C24H26N4O3/c1-29-20-6-4-16-10-18(13-25-9-8-19-14-26-15-27-19)24(28-21(16)12-20)17-5-7-22(30-2)23(11-17)31-3/h4-7,10-12,14-15,25H,8-9,13H2,1-3H3,(H,26,27). The molecule has 0 bridgehead atoms. The normalized spacial score (nSPS) is 10.9. The first-order chi connectivity index (χ1) is 15.2. The molecule has 0 unspecified atom stereocenters. The Labute approximate surface area is 181 Å². The van der Waals surface area contributed by atoms with Gasteiger partial charge in [0.25, 0.3) is 0 Å². The number of rotatable bonds is 9. The van der Waals surface area contributed by atoms with E-state index in [0.29, 0.717) is 18.0 Å². The van der Waals surface area contributed by atoms with Crippen molar-refractivity contribution in [3.63, 3.8) is 0 Å². The molecule has 2 N–H and O–H groups in total. The maximum absolute atomic E-state index is 5.50. The maximum Gasteiger partial charge on any atom is 0.161 e. The van der Waals surface area contributed by atoms with Gasteiger partial charge in [-0.25, -0.2) is 9.97 Å². The van der Waals surface area contributed by atoms with Crippen molar-refractivity contribution >= 4 is 10.9 Å². The number of hydrogen-bond acceptors (Lipinski definition) is 6. The lowest BCUT2D eigenvalue weighted by Gasteiger charge is -2.14. The van der Waals surface area contributed by atoms with Gasteiger partial charge in [0.05, 0.1) is 38.9 Å². The van der Waals surface area contributed by atoms with Crippen LogP contribution in [0.3, 0.4) is 0 Å². The molecule has 4 rings (SSSR count). The Balaban J connectivity index is 1.68. The average molecular weight is 418 g/mol. The van der Waals surface area contributed by atoms with Crippen molar-refractivity contribution in [3.05, 3.63) is 66.2 Å². The second-order valence-electron chi connectivity index (χ2n) is 7.13. The highest BCUT2D eigenvalue weighted by Gasteiger charge is 2.13. The van der Waals surface area contributed by atoms with Crippen molar-refractivity contribution in [1.82, 2.24) is 20.3 Å². The number of aromatic nitrogens is 3. The van der Waals surface area contributed by atoms with Gasteiger partial charge in [0, 0.05) is 48.4 Å². The molecule has 0 aliphatic heterocycles. The summed E-state index contributed by atoms with van der Waals surface area (Å²) in [4.78, 5) is 12.2. The molecule has 0 saturated heterocycles. The first-order valence-electron chi connectivity index (χ1n) is 10.1. The van der Waals surface area contributed by atoms with Gasteiger partial charge in [-0.1, -0.05) is 0 Å². The molecule has 0 spiro atoms. The summed E-state index contributed by atoms with van der Waals surface area (Å²) in [5, 5.41) is 4.59. The highest BCUT2D eigenvalue weighted by molar-refractivity contribution is 5.85. The van der Waals surface area contributed by atoms with Gasteiger partial charge in [0.2, 0.25) is 0 Å². The van der Waals surface area contributed by atoms with E-state index in [1.54, 1.807) is 27.7 Å². The van der Waals surface area contributed by atoms with Crippen LogP contribution in [0.5, 0.6) is 17.2 Å². The molecule has 0 atom stereocenters. The van der Waals surface area contributed by atoms with Gasteiger partial charge < -0.3 is 24.5 Å². The molecule has 2 heterocycles. The Morgan fingerprint density at radius 1 is 0.935 bits per heavy atom. The van der Waals surface area contributed by atoms with Crippen LogP contribution in [0.1, 0.15) is 11.3 Å². The lowest BCUT2D eigenvalue weighted by molar-refractivity contribution is 0.355. The monoisotopic (exact) mass is 418 g/mol. The topological polar surface area (TPSA) is 81.3 Å². The third-order valence-corrected chi connectivity index (χ3v) is 5.20. The number of pyridine rings is 1. The second kappa shape index (κ2) is 9.49. The van der Waals surface area contributed by atoms with E-state index in [-0.39, 0.29) is 0 Å². The van der Waals surface area contributed by atoms with Crippen molar-refractivity contribution in [2.24, 2.45) is 0 Å². The molecule has 2 aromatic heterocycles. The van der Waals surface area contributed by atoms with E-state index in [1.807, 2.05) is 42.6 Å². The number of H-pyrrole nitrogens is 1. The van der Waals surface area contributed by atoms with Crippen LogP contribution in [0.25, 0.3) is 22.2 Å². The van der Waals surface area contributed by atoms with Crippen molar-refractivity contribution in [1.29, 1.82) is 0 Å². The van der Waals surface area contributed by atoms with Gasteiger partial charge in [0.1, 0.15) is 5.75 Å². The van der Waals surface area contributed by atoms with Gasteiger partial charge in [-0.2, -0.15) is 0 Å². The fourth-order valence-electron chi connectivity index (χ4n) is 3.55. The molecule has 0 amide bonds. The summed E-state index contributed by atoms with van der Waals surface area (Å²) < 4.78 is 16.3. The molecule has 0 saturated carbocycles. The van der Waals surface area contributed by atoms with Gasteiger partial charge >= 0.3 is 0 Å². The summed E-state index contributed by atoms with van der Waals surface area (Å²) in [7, 11) is 4.93. The van der Waals surface area contributed by atoms with Crippen molar-refractivity contribution < 1.29 is 14.2 Å². The van der Waals surface area contributed by atoms with E-state index in [4.69, 9.17) is 19.2 Å². The lowest BCUT2D eigenvalue weighted by atomic mass is 10.0. The van der Waals surface area contributed by atoms with E-state index < -0.39 is 0 Å². The predicted octanol–water partition coefficient (Wildman–Crippen LogP) is 3.98. The van der Waals surface area contributed by atoms with Gasteiger partial charge in [-0.3, -0.25) is 0 Å². The van der Waals surface area contributed by atoms with E-state index in [1.165, 1.54) is 0 Å². The quantitative estimate of drug-likeness (QED) is 0.400.